The smallest absolute Gasteiger partial charge is 0.408 e. The minimum absolute atomic E-state index is 0.169. The van der Waals surface area contributed by atoms with E-state index in [4.69, 9.17) is 4.74 Å². The molecule has 0 saturated carbocycles. The monoisotopic (exact) mass is 457 g/mol. The number of carbonyl (C=O) groups excluding carboxylic acids is 3. The van der Waals surface area contributed by atoms with Crippen LogP contribution in [0, 0.1) is 0 Å². The van der Waals surface area contributed by atoms with Gasteiger partial charge in [0.15, 0.2) is 0 Å². The fourth-order valence-electron chi connectivity index (χ4n) is 3.13. The van der Waals surface area contributed by atoms with Crippen molar-refractivity contribution in [1.29, 1.82) is 0 Å². The van der Waals surface area contributed by atoms with Crippen molar-refractivity contribution in [2.45, 2.75) is 45.0 Å². The molecule has 33 heavy (non-hydrogen) atoms. The van der Waals surface area contributed by atoms with Gasteiger partial charge in [-0.25, -0.2) is 4.79 Å². The predicted molar refractivity (Wildman–Crippen MR) is 122 cm³/mol. The summed E-state index contributed by atoms with van der Waals surface area (Å²) in [6.45, 7) is 4.51. The van der Waals surface area contributed by atoms with Crippen molar-refractivity contribution in [3.05, 3.63) is 65.7 Å². The maximum absolute atomic E-state index is 13.1. The Kier molecular flexibility index (Phi) is 8.81. The lowest BCUT2D eigenvalue weighted by molar-refractivity contribution is -0.141. The van der Waals surface area contributed by atoms with E-state index in [1.165, 1.54) is 19.2 Å². The Bertz CT molecular complexity index is 958. The van der Waals surface area contributed by atoms with Gasteiger partial charge in [0.25, 0.3) is 0 Å². The number of para-hydroxylation sites is 1. The van der Waals surface area contributed by atoms with Gasteiger partial charge in [-0.3, -0.25) is 9.59 Å². The van der Waals surface area contributed by atoms with Gasteiger partial charge in [-0.1, -0.05) is 48.5 Å². The lowest BCUT2D eigenvalue weighted by Gasteiger charge is -2.31. The average molecular weight is 458 g/mol. The second-order valence-corrected chi connectivity index (χ2v) is 8.50. The van der Waals surface area contributed by atoms with Crippen molar-refractivity contribution in [2.24, 2.45) is 0 Å². The molecule has 0 aliphatic carbocycles. The second-order valence-electron chi connectivity index (χ2n) is 8.50. The first-order valence-electron chi connectivity index (χ1n) is 10.5. The van der Waals surface area contributed by atoms with Crippen LogP contribution in [-0.2, 0) is 20.9 Å². The number of aliphatic hydroxyl groups is 1. The first kappa shape index (κ1) is 25.7. The van der Waals surface area contributed by atoms with Crippen LogP contribution in [0.25, 0.3) is 0 Å². The summed E-state index contributed by atoms with van der Waals surface area (Å²) >= 11 is 0. The number of aromatic hydroxyl groups is 1. The molecule has 9 nitrogen and oxygen atoms in total. The largest absolute Gasteiger partial charge is 0.508 e. The molecule has 0 spiro atoms. The van der Waals surface area contributed by atoms with Crippen LogP contribution in [-0.4, -0.2) is 58.3 Å². The van der Waals surface area contributed by atoms with Crippen LogP contribution in [0.3, 0.4) is 0 Å². The Balaban J connectivity index is 2.25. The van der Waals surface area contributed by atoms with Crippen molar-refractivity contribution in [2.75, 3.05) is 13.7 Å². The molecule has 0 heterocycles. The number of phenols is 1. The molecule has 2 aromatic rings. The van der Waals surface area contributed by atoms with Crippen molar-refractivity contribution in [3.8, 4) is 5.75 Å². The predicted octanol–water partition coefficient (Wildman–Crippen LogP) is 2.09. The highest BCUT2D eigenvalue weighted by Crippen LogP contribution is 2.28. The topological polar surface area (TPSA) is 128 Å². The van der Waals surface area contributed by atoms with Crippen molar-refractivity contribution >= 4 is 17.9 Å². The van der Waals surface area contributed by atoms with Crippen LogP contribution in [0.4, 0.5) is 4.79 Å². The van der Waals surface area contributed by atoms with Gasteiger partial charge in [0, 0.05) is 19.2 Å². The molecule has 0 bridgehead atoms. The van der Waals surface area contributed by atoms with E-state index >= 15 is 0 Å². The maximum Gasteiger partial charge on any atom is 0.408 e. The molecule has 2 unspecified atom stereocenters. The molecule has 0 aliphatic heterocycles. The van der Waals surface area contributed by atoms with Crippen molar-refractivity contribution in [3.63, 3.8) is 0 Å². The van der Waals surface area contributed by atoms with Gasteiger partial charge < -0.3 is 30.5 Å². The number of likely N-dealkylation sites (N-methyl/N-ethyl adjacent to an activating group) is 1. The summed E-state index contributed by atoms with van der Waals surface area (Å²) in [5.74, 6) is -1.44. The summed E-state index contributed by atoms with van der Waals surface area (Å²) < 4.78 is 5.15. The molecule has 0 fully saturated rings. The third kappa shape index (κ3) is 7.50. The molecule has 178 valence electrons. The number of hydrogen-bond donors (Lipinski definition) is 4. The molecule has 9 heteroatoms. The van der Waals surface area contributed by atoms with E-state index in [-0.39, 0.29) is 17.9 Å². The van der Waals surface area contributed by atoms with Gasteiger partial charge in [0.1, 0.15) is 23.4 Å². The van der Waals surface area contributed by atoms with E-state index in [9.17, 15) is 24.6 Å². The molecule has 0 aliphatic rings. The average Bonchev–Trinajstić information content (AvgIpc) is 2.76. The third-order valence-corrected chi connectivity index (χ3v) is 4.70. The Morgan fingerprint density at radius 2 is 1.64 bits per heavy atom. The summed E-state index contributed by atoms with van der Waals surface area (Å²) in [7, 11) is 1.36. The number of aliphatic hydroxyl groups excluding tert-OH is 1. The van der Waals surface area contributed by atoms with Gasteiger partial charge in [0.05, 0.1) is 6.61 Å². The van der Waals surface area contributed by atoms with E-state index in [2.05, 4.69) is 10.6 Å². The van der Waals surface area contributed by atoms with Gasteiger partial charge in [-0.15, -0.1) is 0 Å². The Hall–Kier alpha value is -3.59. The van der Waals surface area contributed by atoms with Gasteiger partial charge in [-0.2, -0.15) is 0 Å². The van der Waals surface area contributed by atoms with Crippen LogP contribution in [0.5, 0.6) is 5.75 Å². The first-order chi connectivity index (χ1) is 15.5. The standard InChI is InChI=1S/C24H31N3O6/c1-24(2,3)33-23(32)26-18(15-28)22(31)27(4)20(17-12-8-9-13-19(17)29)21(30)25-14-16-10-6-5-7-11-16/h5-13,18,20,28-29H,14-15H2,1-4H3,(H,25,30)(H,26,32). The van der Waals surface area contributed by atoms with Crippen molar-refractivity contribution in [1.82, 2.24) is 15.5 Å². The minimum Gasteiger partial charge on any atom is -0.508 e. The fourth-order valence-corrected chi connectivity index (χ4v) is 3.13. The summed E-state index contributed by atoms with van der Waals surface area (Å²) in [6.07, 6.45) is -0.879. The van der Waals surface area contributed by atoms with E-state index in [0.29, 0.717) is 0 Å². The molecule has 2 atom stereocenters. The van der Waals surface area contributed by atoms with E-state index in [1.807, 2.05) is 30.3 Å². The lowest BCUT2D eigenvalue weighted by atomic mass is 10.0. The zero-order chi connectivity index (χ0) is 24.6. The van der Waals surface area contributed by atoms with Gasteiger partial charge in [0.2, 0.25) is 11.8 Å². The van der Waals surface area contributed by atoms with Crippen molar-refractivity contribution < 1.29 is 29.3 Å². The number of alkyl carbamates (subject to hydrolysis) is 1. The summed E-state index contributed by atoms with van der Waals surface area (Å²) in [5, 5.41) is 25.2. The number of amides is 3. The number of benzene rings is 2. The van der Waals surface area contributed by atoms with E-state index in [0.717, 1.165) is 10.5 Å². The Morgan fingerprint density at radius 3 is 2.21 bits per heavy atom. The highest BCUT2D eigenvalue weighted by Gasteiger charge is 2.35. The number of carbonyl (C=O) groups is 3. The van der Waals surface area contributed by atoms with Crippen LogP contribution in [0.2, 0.25) is 0 Å². The molecule has 2 aromatic carbocycles. The highest BCUT2D eigenvalue weighted by atomic mass is 16.6. The first-order valence-corrected chi connectivity index (χ1v) is 10.5. The van der Waals surface area contributed by atoms with Crippen LogP contribution in [0.1, 0.15) is 37.9 Å². The quantitative estimate of drug-likeness (QED) is 0.481. The summed E-state index contributed by atoms with van der Waals surface area (Å²) in [4.78, 5) is 39.4. The van der Waals surface area contributed by atoms with Crippen LogP contribution >= 0.6 is 0 Å². The molecule has 0 radical (unpaired) electrons. The number of phenolic OH excluding ortho intramolecular Hbond substituents is 1. The maximum atomic E-state index is 13.1. The lowest BCUT2D eigenvalue weighted by Crippen LogP contribution is -2.53. The number of nitrogens with one attached hydrogen (secondary N) is 2. The molecule has 4 N–H and O–H groups in total. The highest BCUT2D eigenvalue weighted by molar-refractivity contribution is 5.92. The fraction of sp³-hybridized carbons (Fsp3) is 0.375. The third-order valence-electron chi connectivity index (χ3n) is 4.70. The van der Waals surface area contributed by atoms with Gasteiger partial charge in [-0.05, 0) is 32.4 Å². The number of ether oxygens (including phenoxy) is 1. The zero-order valence-electron chi connectivity index (χ0n) is 19.2. The Labute approximate surface area is 193 Å². The van der Waals surface area contributed by atoms with Crippen LogP contribution < -0.4 is 10.6 Å². The molecular weight excluding hydrogens is 426 g/mol. The minimum atomic E-state index is -1.35. The Morgan fingerprint density at radius 1 is 1.03 bits per heavy atom. The molecule has 0 aromatic heterocycles. The molecular formula is C24H31N3O6. The zero-order valence-corrected chi connectivity index (χ0v) is 19.2. The van der Waals surface area contributed by atoms with Gasteiger partial charge >= 0.3 is 6.09 Å². The van der Waals surface area contributed by atoms with Crippen LogP contribution in [0.15, 0.2) is 54.6 Å². The number of rotatable bonds is 8. The number of hydrogen-bond acceptors (Lipinski definition) is 6. The van der Waals surface area contributed by atoms with E-state index in [1.54, 1.807) is 32.9 Å². The number of nitrogens with zero attached hydrogens (tertiary/aromatic N) is 1. The molecule has 0 saturated heterocycles. The second kappa shape index (κ2) is 11.3. The molecule has 2 rings (SSSR count). The SMILES string of the molecule is CN(C(=O)C(CO)NC(=O)OC(C)(C)C)C(C(=O)NCc1ccccc1)c1ccccc1O. The molecule has 3 amide bonds. The van der Waals surface area contributed by atoms with E-state index < -0.39 is 42.2 Å². The normalized spacial score (nSPS) is 12.9. The summed E-state index contributed by atoms with van der Waals surface area (Å²) in [6, 6.07) is 12.8. The summed E-state index contributed by atoms with van der Waals surface area (Å²) in [5.41, 5.74) is 0.262.